The second kappa shape index (κ2) is 6.42. The van der Waals surface area contributed by atoms with Crippen molar-refractivity contribution in [2.24, 2.45) is 0 Å². The Morgan fingerprint density at radius 1 is 1.16 bits per heavy atom. The Balaban J connectivity index is 1.98. The molecule has 0 saturated heterocycles. The molecule has 0 aliphatic rings. The fraction of sp³-hybridized carbons (Fsp3) is 0.118. The van der Waals surface area contributed by atoms with Crippen molar-refractivity contribution in [1.82, 2.24) is 0 Å². The quantitative estimate of drug-likeness (QED) is 0.821. The molecule has 0 radical (unpaired) electrons. The smallest absolute Gasteiger partial charge is 0.137 e. The van der Waals surface area contributed by atoms with Crippen molar-refractivity contribution in [2.75, 3.05) is 6.61 Å². The van der Waals surface area contributed by atoms with Gasteiger partial charge in [0, 0.05) is 0 Å². The van der Waals surface area contributed by atoms with E-state index < -0.39 is 0 Å². The molecule has 2 rings (SSSR count). The zero-order valence-electron chi connectivity index (χ0n) is 10.8. The highest BCUT2D eigenvalue weighted by molar-refractivity contribution is 5.49. The molecule has 2 aromatic rings. The number of hydrogen-bond acceptors (Lipinski definition) is 2. The Morgan fingerprint density at radius 2 is 1.95 bits per heavy atom. The molecule has 0 aromatic heterocycles. The molecule has 0 atom stereocenters. The Morgan fingerprint density at radius 3 is 2.68 bits per heavy atom. The lowest BCUT2D eigenvalue weighted by Crippen LogP contribution is -1.96. The molecule has 0 fully saturated rings. The van der Waals surface area contributed by atoms with Crippen molar-refractivity contribution in [3.63, 3.8) is 0 Å². The SMILES string of the molecule is Cc1ccc(C#N)c(OCC=Cc2ccccc2)c1. The summed E-state index contributed by atoms with van der Waals surface area (Å²) in [6, 6.07) is 17.7. The summed E-state index contributed by atoms with van der Waals surface area (Å²) in [5.41, 5.74) is 2.79. The number of nitrogens with zero attached hydrogens (tertiary/aromatic N) is 1. The molecule has 0 spiro atoms. The van der Waals surface area contributed by atoms with Gasteiger partial charge in [-0.1, -0.05) is 42.5 Å². The number of nitriles is 1. The summed E-state index contributed by atoms with van der Waals surface area (Å²) >= 11 is 0. The molecule has 0 heterocycles. The number of aryl methyl sites for hydroxylation is 1. The number of rotatable bonds is 4. The molecule has 2 aromatic carbocycles. The maximum Gasteiger partial charge on any atom is 0.137 e. The molecule has 0 aliphatic carbocycles. The van der Waals surface area contributed by atoms with Crippen LogP contribution in [0.5, 0.6) is 5.75 Å². The Bertz CT molecular complexity index is 609. The van der Waals surface area contributed by atoms with E-state index in [2.05, 4.69) is 6.07 Å². The minimum Gasteiger partial charge on any atom is -0.488 e. The second-order valence-corrected chi connectivity index (χ2v) is 4.24. The van der Waals surface area contributed by atoms with Crippen molar-refractivity contribution in [3.05, 3.63) is 71.3 Å². The molecule has 19 heavy (non-hydrogen) atoms. The zero-order valence-corrected chi connectivity index (χ0v) is 10.8. The lowest BCUT2D eigenvalue weighted by molar-refractivity contribution is 0.362. The summed E-state index contributed by atoms with van der Waals surface area (Å²) < 4.78 is 5.62. The Kier molecular flexibility index (Phi) is 4.36. The number of benzene rings is 2. The molecule has 0 N–H and O–H groups in total. The fourth-order valence-corrected chi connectivity index (χ4v) is 1.73. The van der Waals surface area contributed by atoms with Gasteiger partial charge in [-0.2, -0.15) is 5.26 Å². The molecule has 0 aliphatic heterocycles. The number of ether oxygens (including phenoxy) is 1. The first-order valence-corrected chi connectivity index (χ1v) is 6.15. The normalized spacial score (nSPS) is 10.3. The number of hydrogen-bond donors (Lipinski definition) is 0. The van der Waals surface area contributed by atoms with Gasteiger partial charge >= 0.3 is 0 Å². The second-order valence-electron chi connectivity index (χ2n) is 4.24. The molecule has 0 unspecified atom stereocenters. The van der Waals surface area contributed by atoms with E-state index in [1.54, 1.807) is 6.07 Å². The molecule has 94 valence electrons. The predicted molar refractivity (Wildman–Crippen MR) is 76.9 cm³/mol. The van der Waals surface area contributed by atoms with E-state index in [0.717, 1.165) is 11.1 Å². The monoisotopic (exact) mass is 249 g/mol. The highest BCUT2D eigenvalue weighted by Crippen LogP contribution is 2.19. The minimum atomic E-state index is 0.451. The largest absolute Gasteiger partial charge is 0.488 e. The zero-order chi connectivity index (χ0) is 13.5. The Hall–Kier alpha value is -2.53. The van der Waals surface area contributed by atoms with E-state index in [4.69, 9.17) is 10.00 Å². The minimum absolute atomic E-state index is 0.451. The van der Waals surface area contributed by atoms with Crippen LogP contribution in [-0.4, -0.2) is 6.61 Å². The maximum atomic E-state index is 9.00. The lowest BCUT2D eigenvalue weighted by Gasteiger charge is -2.06. The van der Waals surface area contributed by atoms with Crippen LogP contribution in [0.25, 0.3) is 6.08 Å². The van der Waals surface area contributed by atoms with Gasteiger partial charge in [0.15, 0.2) is 0 Å². The van der Waals surface area contributed by atoms with E-state index in [9.17, 15) is 0 Å². The molecule has 0 bridgehead atoms. The van der Waals surface area contributed by atoms with Gasteiger partial charge in [0.25, 0.3) is 0 Å². The summed E-state index contributed by atoms with van der Waals surface area (Å²) in [6.07, 6.45) is 3.95. The third kappa shape index (κ3) is 3.72. The average Bonchev–Trinajstić information content (AvgIpc) is 2.45. The van der Waals surface area contributed by atoms with Gasteiger partial charge in [0.1, 0.15) is 18.4 Å². The first kappa shape index (κ1) is 12.9. The molecule has 2 heteroatoms. The maximum absolute atomic E-state index is 9.00. The highest BCUT2D eigenvalue weighted by Gasteiger charge is 2.01. The van der Waals surface area contributed by atoms with E-state index in [-0.39, 0.29) is 0 Å². The third-order valence-electron chi connectivity index (χ3n) is 2.70. The first-order valence-electron chi connectivity index (χ1n) is 6.15. The summed E-state index contributed by atoms with van der Waals surface area (Å²) in [6.45, 7) is 2.43. The molecular formula is C17H15NO. The van der Waals surface area contributed by atoms with Gasteiger partial charge < -0.3 is 4.74 Å². The summed E-state index contributed by atoms with van der Waals surface area (Å²) in [7, 11) is 0. The molecule has 0 saturated carbocycles. The lowest BCUT2D eigenvalue weighted by atomic mass is 10.1. The van der Waals surface area contributed by atoms with Gasteiger partial charge in [-0.05, 0) is 36.3 Å². The van der Waals surface area contributed by atoms with Crippen molar-refractivity contribution in [3.8, 4) is 11.8 Å². The van der Waals surface area contributed by atoms with Crippen LogP contribution in [0.2, 0.25) is 0 Å². The van der Waals surface area contributed by atoms with Crippen molar-refractivity contribution < 1.29 is 4.74 Å². The molecular weight excluding hydrogens is 234 g/mol. The van der Waals surface area contributed by atoms with Crippen molar-refractivity contribution >= 4 is 6.08 Å². The van der Waals surface area contributed by atoms with Gasteiger partial charge in [0.05, 0.1) is 5.56 Å². The van der Waals surface area contributed by atoms with Crippen LogP contribution in [0.4, 0.5) is 0 Å². The van der Waals surface area contributed by atoms with Crippen LogP contribution in [0.15, 0.2) is 54.6 Å². The molecule has 2 nitrogen and oxygen atoms in total. The topological polar surface area (TPSA) is 33.0 Å². The summed E-state index contributed by atoms with van der Waals surface area (Å²) in [5.74, 6) is 0.639. The van der Waals surface area contributed by atoms with Gasteiger partial charge in [-0.15, -0.1) is 0 Å². The highest BCUT2D eigenvalue weighted by atomic mass is 16.5. The average molecular weight is 249 g/mol. The van der Waals surface area contributed by atoms with Crippen molar-refractivity contribution in [1.29, 1.82) is 5.26 Å². The predicted octanol–water partition coefficient (Wildman–Crippen LogP) is 3.96. The van der Waals surface area contributed by atoms with Crippen LogP contribution >= 0.6 is 0 Å². The van der Waals surface area contributed by atoms with Gasteiger partial charge in [-0.3, -0.25) is 0 Å². The van der Waals surface area contributed by atoms with Crippen LogP contribution < -0.4 is 4.74 Å². The van der Waals surface area contributed by atoms with E-state index >= 15 is 0 Å². The van der Waals surface area contributed by atoms with Crippen LogP contribution in [0.3, 0.4) is 0 Å². The van der Waals surface area contributed by atoms with E-state index in [0.29, 0.717) is 17.9 Å². The summed E-state index contributed by atoms with van der Waals surface area (Å²) in [5, 5.41) is 9.00. The van der Waals surface area contributed by atoms with E-state index in [1.807, 2.05) is 61.5 Å². The Labute approximate surface area is 113 Å². The standard InChI is InChI=1S/C17H15NO/c1-14-9-10-16(13-18)17(12-14)19-11-5-8-15-6-3-2-4-7-15/h2-10,12H,11H2,1H3. The van der Waals surface area contributed by atoms with Crippen LogP contribution in [0, 0.1) is 18.3 Å². The van der Waals surface area contributed by atoms with Crippen molar-refractivity contribution in [2.45, 2.75) is 6.92 Å². The third-order valence-corrected chi connectivity index (χ3v) is 2.70. The van der Waals surface area contributed by atoms with Crippen LogP contribution in [0.1, 0.15) is 16.7 Å². The first-order chi connectivity index (χ1) is 9.29. The molecule has 0 amide bonds. The van der Waals surface area contributed by atoms with Gasteiger partial charge in [-0.25, -0.2) is 0 Å². The summed E-state index contributed by atoms with van der Waals surface area (Å²) in [4.78, 5) is 0. The van der Waals surface area contributed by atoms with E-state index in [1.165, 1.54) is 0 Å². The fourth-order valence-electron chi connectivity index (χ4n) is 1.73. The van der Waals surface area contributed by atoms with Gasteiger partial charge in [0.2, 0.25) is 0 Å². The van der Waals surface area contributed by atoms with Crippen LogP contribution in [-0.2, 0) is 0 Å².